The molecule has 1 fully saturated rings. The van der Waals surface area contributed by atoms with Crippen molar-refractivity contribution in [1.29, 1.82) is 0 Å². The van der Waals surface area contributed by atoms with E-state index in [1.807, 2.05) is 4.90 Å². The van der Waals surface area contributed by atoms with E-state index in [1.165, 1.54) is 12.1 Å². The summed E-state index contributed by atoms with van der Waals surface area (Å²) in [4.78, 5) is 29.5. The van der Waals surface area contributed by atoms with Crippen LogP contribution in [0.3, 0.4) is 0 Å². The molecule has 3 heterocycles. The van der Waals surface area contributed by atoms with Crippen molar-refractivity contribution in [2.45, 2.75) is 0 Å². The Morgan fingerprint density at radius 2 is 1.64 bits per heavy atom. The minimum absolute atomic E-state index is 0.0433. The van der Waals surface area contributed by atoms with E-state index in [0.717, 1.165) is 0 Å². The van der Waals surface area contributed by atoms with Crippen LogP contribution in [0.5, 0.6) is 0 Å². The van der Waals surface area contributed by atoms with Crippen LogP contribution in [0, 0.1) is 5.82 Å². The van der Waals surface area contributed by atoms with E-state index in [-0.39, 0.29) is 11.7 Å². The van der Waals surface area contributed by atoms with Gasteiger partial charge in [-0.2, -0.15) is 0 Å². The number of carbonyl (C=O) groups excluding carboxylic acids is 1. The van der Waals surface area contributed by atoms with Crippen LogP contribution < -0.4 is 10.2 Å². The van der Waals surface area contributed by atoms with Crippen molar-refractivity contribution in [2.75, 3.05) is 36.4 Å². The summed E-state index contributed by atoms with van der Waals surface area (Å²) in [6, 6.07) is 11.2. The van der Waals surface area contributed by atoms with Gasteiger partial charge in [-0.25, -0.2) is 19.3 Å². The highest BCUT2D eigenvalue weighted by molar-refractivity contribution is 5.95. The minimum Gasteiger partial charge on any atom is -0.340 e. The van der Waals surface area contributed by atoms with Crippen LogP contribution in [-0.2, 0) is 0 Å². The smallest absolute Gasteiger partial charge is 0.254 e. The Balaban J connectivity index is 1.40. The first kappa shape index (κ1) is 17.8. The average Bonchev–Trinajstić information content (AvgIpc) is 2.76. The number of benzene rings is 1. The number of hydrogen-bond acceptors (Lipinski definition) is 6. The quantitative estimate of drug-likeness (QED) is 0.753. The Labute approximate surface area is 161 Å². The fraction of sp³-hybridized carbons (Fsp3) is 0.200. The van der Waals surface area contributed by atoms with Gasteiger partial charge in [0.25, 0.3) is 5.91 Å². The normalized spacial score (nSPS) is 14.0. The van der Waals surface area contributed by atoms with Crippen LogP contribution in [0.15, 0.2) is 61.1 Å². The molecule has 1 saturated heterocycles. The SMILES string of the molecule is O=C(c1ccnc(Nc2ccc(F)cc2)c1)N1CCN(c2ncccn2)CC1. The molecule has 7 nitrogen and oxygen atoms in total. The van der Waals surface area contributed by atoms with Gasteiger partial charge in [0.15, 0.2) is 0 Å². The zero-order valence-electron chi connectivity index (χ0n) is 15.1. The third-order valence-electron chi connectivity index (χ3n) is 4.53. The van der Waals surface area contributed by atoms with Gasteiger partial charge in [-0.1, -0.05) is 0 Å². The number of nitrogens with one attached hydrogen (secondary N) is 1. The molecule has 0 unspecified atom stereocenters. The summed E-state index contributed by atoms with van der Waals surface area (Å²) in [5.74, 6) is 0.874. The van der Waals surface area contributed by atoms with Gasteiger partial charge in [-0.15, -0.1) is 0 Å². The van der Waals surface area contributed by atoms with Gasteiger partial charge in [-0.3, -0.25) is 4.79 Å². The molecular formula is C20H19FN6O. The van der Waals surface area contributed by atoms with Crippen molar-refractivity contribution >= 4 is 23.4 Å². The summed E-state index contributed by atoms with van der Waals surface area (Å²) in [6.45, 7) is 2.56. The Hall–Kier alpha value is -3.55. The maximum Gasteiger partial charge on any atom is 0.254 e. The number of pyridine rings is 1. The number of nitrogens with zero attached hydrogens (tertiary/aromatic N) is 5. The van der Waals surface area contributed by atoms with Gasteiger partial charge >= 0.3 is 0 Å². The first-order valence-corrected chi connectivity index (χ1v) is 8.99. The average molecular weight is 378 g/mol. The summed E-state index contributed by atoms with van der Waals surface area (Å²) in [7, 11) is 0. The van der Waals surface area contributed by atoms with E-state index < -0.39 is 0 Å². The molecule has 0 saturated carbocycles. The maximum atomic E-state index is 13.0. The second kappa shape index (κ2) is 7.99. The topological polar surface area (TPSA) is 74.2 Å². The van der Waals surface area contributed by atoms with Crippen molar-refractivity contribution < 1.29 is 9.18 Å². The monoisotopic (exact) mass is 378 g/mol. The Morgan fingerprint density at radius 3 is 2.36 bits per heavy atom. The second-order valence-corrected chi connectivity index (χ2v) is 6.39. The number of carbonyl (C=O) groups is 1. The van der Waals surface area contributed by atoms with E-state index >= 15 is 0 Å². The number of anilines is 3. The van der Waals surface area contributed by atoms with Crippen molar-refractivity contribution in [2.24, 2.45) is 0 Å². The van der Waals surface area contributed by atoms with Crippen molar-refractivity contribution in [3.05, 3.63) is 72.4 Å². The molecule has 0 spiro atoms. The standard InChI is InChI=1S/C20H19FN6O/c21-16-2-4-17(5-3-16)25-18-14-15(6-9-22-18)19(28)26-10-12-27(13-11-26)20-23-7-1-8-24-20/h1-9,14H,10-13H2,(H,22,25). The third-order valence-corrected chi connectivity index (χ3v) is 4.53. The summed E-state index contributed by atoms with van der Waals surface area (Å²) in [5, 5.41) is 3.08. The zero-order chi connectivity index (χ0) is 19.3. The Bertz CT molecular complexity index is 942. The molecule has 1 N–H and O–H groups in total. The van der Waals surface area contributed by atoms with Crippen LogP contribution in [0.2, 0.25) is 0 Å². The van der Waals surface area contributed by atoms with Crippen LogP contribution in [0.1, 0.15) is 10.4 Å². The summed E-state index contributed by atoms with van der Waals surface area (Å²) in [5.41, 5.74) is 1.26. The number of piperazine rings is 1. The van der Waals surface area contributed by atoms with Crippen LogP contribution in [0.4, 0.5) is 21.8 Å². The van der Waals surface area contributed by atoms with Crippen molar-refractivity contribution in [1.82, 2.24) is 19.9 Å². The van der Waals surface area contributed by atoms with E-state index in [1.54, 1.807) is 48.9 Å². The predicted molar refractivity (Wildman–Crippen MR) is 104 cm³/mol. The van der Waals surface area contributed by atoms with Gasteiger partial charge < -0.3 is 15.1 Å². The summed E-state index contributed by atoms with van der Waals surface area (Å²) < 4.78 is 13.0. The number of hydrogen-bond donors (Lipinski definition) is 1. The highest BCUT2D eigenvalue weighted by atomic mass is 19.1. The molecular weight excluding hydrogens is 359 g/mol. The third kappa shape index (κ3) is 4.06. The van der Waals surface area contributed by atoms with Gasteiger partial charge in [0.2, 0.25) is 5.95 Å². The fourth-order valence-corrected chi connectivity index (χ4v) is 3.06. The lowest BCUT2D eigenvalue weighted by atomic mass is 10.2. The Morgan fingerprint density at radius 1 is 0.929 bits per heavy atom. The zero-order valence-corrected chi connectivity index (χ0v) is 15.1. The van der Waals surface area contributed by atoms with Crippen molar-refractivity contribution in [3.8, 4) is 0 Å². The summed E-state index contributed by atoms with van der Waals surface area (Å²) in [6.07, 6.45) is 5.02. The van der Waals surface area contributed by atoms with E-state index in [4.69, 9.17) is 0 Å². The molecule has 1 amide bonds. The molecule has 4 rings (SSSR count). The van der Waals surface area contributed by atoms with Gasteiger partial charge in [-0.05, 0) is 42.5 Å². The van der Waals surface area contributed by atoms with Crippen LogP contribution in [-0.4, -0.2) is 51.9 Å². The van der Waals surface area contributed by atoms with Crippen LogP contribution >= 0.6 is 0 Å². The molecule has 0 bridgehead atoms. The van der Waals surface area contributed by atoms with Crippen molar-refractivity contribution in [3.63, 3.8) is 0 Å². The van der Waals surface area contributed by atoms with E-state index in [2.05, 4.69) is 25.2 Å². The highest BCUT2D eigenvalue weighted by Gasteiger charge is 2.23. The fourth-order valence-electron chi connectivity index (χ4n) is 3.06. The lowest BCUT2D eigenvalue weighted by Gasteiger charge is -2.34. The molecule has 3 aromatic rings. The molecule has 1 aromatic carbocycles. The lowest BCUT2D eigenvalue weighted by molar-refractivity contribution is 0.0746. The Kier molecular flexibility index (Phi) is 5.09. The molecule has 2 aromatic heterocycles. The first-order chi connectivity index (χ1) is 13.7. The van der Waals surface area contributed by atoms with Gasteiger partial charge in [0.05, 0.1) is 0 Å². The number of rotatable bonds is 4. The first-order valence-electron chi connectivity index (χ1n) is 8.99. The second-order valence-electron chi connectivity index (χ2n) is 6.39. The van der Waals surface area contributed by atoms with Gasteiger partial charge in [0.1, 0.15) is 11.6 Å². The highest BCUT2D eigenvalue weighted by Crippen LogP contribution is 2.18. The number of amides is 1. The number of halogens is 1. The molecule has 1 aliphatic heterocycles. The molecule has 1 aliphatic rings. The molecule has 8 heteroatoms. The molecule has 0 aliphatic carbocycles. The maximum absolute atomic E-state index is 13.0. The molecule has 0 radical (unpaired) electrons. The van der Waals surface area contributed by atoms with Gasteiger partial charge in [0, 0.05) is 56.0 Å². The number of aromatic nitrogens is 3. The molecule has 0 atom stereocenters. The largest absolute Gasteiger partial charge is 0.340 e. The predicted octanol–water partition coefficient (Wildman–Crippen LogP) is 2.72. The van der Waals surface area contributed by atoms with E-state index in [9.17, 15) is 9.18 Å². The molecule has 28 heavy (non-hydrogen) atoms. The molecule has 142 valence electrons. The van der Waals surface area contributed by atoms with E-state index in [0.29, 0.717) is 49.2 Å². The lowest BCUT2D eigenvalue weighted by Crippen LogP contribution is -2.49. The summed E-state index contributed by atoms with van der Waals surface area (Å²) >= 11 is 0. The van der Waals surface area contributed by atoms with Crippen LogP contribution in [0.25, 0.3) is 0 Å². The minimum atomic E-state index is -0.303.